The summed E-state index contributed by atoms with van der Waals surface area (Å²) in [5.74, 6) is -0.229. The molecule has 1 unspecified atom stereocenters. The summed E-state index contributed by atoms with van der Waals surface area (Å²) in [6, 6.07) is 6.32. The molecule has 1 saturated heterocycles. The van der Waals surface area contributed by atoms with Crippen molar-refractivity contribution in [2.45, 2.75) is 26.0 Å². The van der Waals surface area contributed by atoms with Crippen LogP contribution in [0.15, 0.2) is 24.3 Å². The minimum atomic E-state index is -0.685. The Morgan fingerprint density at radius 2 is 1.88 bits per heavy atom. The molecule has 2 N–H and O–H groups in total. The molecule has 1 aromatic rings. The monoisotopic (exact) mass is 353 g/mol. The van der Waals surface area contributed by atoms with E-state index in [-0.39, 0.29) is 24.3 Å². The van der Waals surface area contributed by atoms with Crippen molar-refractivity contribution in [2.24, 2.45) is 0 Å². The number of carbonyl (C=O) groups is 1. The van der Waals surface area contributed by atoms with E-state index in [1.807, 2.05) is 13.8 Å². The predicted molar refractivity (Wildman–Crippen MR) is 94.1 cm³/mol. The lowest BCUT2D eigenvalue weighted by Crippen LogP contribution is -2.51. The Morgan fingerprint density at radius 1 is 1.24 bits per heavy atom. The number of β-amino-alcohol motifs (C(OH)–C–C–N with tert-alkyl or cyclic N) is 1. The van der Waals surface area contributed by atoms with Gasteiger partial charge in [-0.1, -0.05) is 12.1 Å². The van der Waals surface area contributed by atoms with E-state index in [9.17, 15) is 14.3 Å². The van der Waals surface area contributed by atoms with E-state index < -0.39 is 11.9 Å². The molecule has 0 radical (unpaired) electrons. The third-order valence-electron chi connectivity index (χ3n) is 4.02. The summed E-state index contributed by atoms with van der Waals surface area (Å²) in [5, 5.41) is 13.0. The Balaban J connectivity index is 1.65. The molecule has 0 aliphatic carbocycles. The van der Waals surface area contributed by atoms with Crippen LogP contribution in [-0.2, 0) is 4.79 Å². The highest BCUT2D eigenvalue weighted by atomic mass is 19.1. The third kappa shape index (κ3) is 6.97. The Kier molecular flexibility index (Phi) is 7.61. The molecular weight excluding hydrogens is 325 g/mol. The SMILES string of the molecule is CC(C)NC(=O)CN1CCN(CC(O)COc2ccccc2F)CC1. The average Bonchev–Trinajstić information content (AvgIpc) is 2.55. The maximum Gasteiger partial charge on any atom is 0.234 e. The number of hydrogen-bond acceptors (Lipinski definition) is 5. The summed E-state index contributed by atoms with van der Waals surface area (Å²) in [4.78, 5) is 16.0. The van der Waals surface area contributed by atoms with Gasteiger partial charge >= 0.3 is 0 Å². The molecule has 25 heavy (non-hydrogen) atoms. The summed E-state index contributed by atoms with van der Waals surface area (Å²) < 4.78 is 18.8. The van der Waals surface area contributed by atoms with Crippen molar-refractivity contribution in [1.82, 2.24) is 15.1 Å². The minimum Gasteiger partial charge on any atom is -0.488 e. The smallest absolute Gasteiger partial charge is 0.234 e. The Morgan fingerprint density at radius 3 is 2.52 bits per heavy atom. The van der Waals surface area contributed by atoms with Crippen molar-refractivity contribution in [1.29, 1.82) is 0 Å². The van der Waals surface area contributed by atoms with Gasteiger partial charge in [-0.15, -0.1) is 0 Å². The molecule has 7 heteroatoms. The summed E-state index contributed by atoms with van der Waals surface area (Å²) in [5.41, 5.74) is 0. The van der Waals surface area contributed by atoms with Crippen molar-refractivity contribution >= 4 is 5.91 Å². The molecule has 1 heterocycles. The molecule has 0 spiro atoms. The van der Waals surface area contributed by atoms with Crippen molar-refractivity contribution in [3.63, 3.8) is 0 Å². The van der Waals surface area contributed by atoms with Gasteiger partial charge in [0.05, 0.1) is 6.54 Å². The molecule has 0 saturated carbocycles. The predicted octanol–water partition coefficient (Wildman–Crippen LogP) is 0.708. The maximum absolute atomic E-state index is 13.5. The van der Waals surface area contributed by atoms with E-state index >= 15 is 0 Å². The first-order chi connectivity index (χ1) is 11.9. The summed E-state index contributed by atoms with van der Waals surface area (Å²) >= 11 is 0. The van der Waals surface area contributed by atoms with Crippen LogP contribution in [0, 0.1) is 5.82 Å². The molecule has 1 amide bonds. The van der Waals surface area contributed by atoms with Crippen LogP contribution in [0.3, 0.4) is 0 Å². The maximum atomic E-state index is 13.5. The molecule has 2 rings (SSSR count). The Labute approximate surface area is 148 Å². The van der Waals surface area contributed by atoms with Gasteiger partial charge in [0.15, 0.2) is 11.6 Å². The van der Waals surface area contributed by atoms with Crippen LogP contribution < -0.4 is 10.1 Å². The quantitative estimate of drug-likeness (QED) is 0.721. The van der Waals surface area contributed by atoms with Crippen LogP contribution >= 0.6 is 0 Å². The van der Waals surface area contributed by atoms with E-state index in [4.69, 9.17) is 4.74 Å². The zero-order valence-corrected chi connectivity index (χ0v) is 14.9. The Bertz CT molecular complexity index is 548. The number of hydrogen-bond donors (Lipinski definition) is 2. The number of nitrogens with one attached hydrogen (secondary N) is 1. The van der Waals surface area contributed by atoms with Gasteiger partial charge in [-0.2, -0.15) is 0 Å². The first kappa shape index (κ1) is 19.6. The second kappa shape index (κ2) is 9.70. The van der Waals surface area contributed by atoms with Crippen LogP contribution in [0.5, 0.6) is 5.75 Å². The van der Waals surface area contributed by atoms with Crippen molar-refractivity contribution in [2.75, 3.05) is 45.9 Å². The van der Waals surface area contributed by atoms with Crippen LogP contribution in [0.1, 0.15) is 13.8 Å². The highest BCUT2D eigenvalue weighted by molar-refractivity contribution is 5.78. The number of aliphatic hydroxyl groups excluding tert-OH is 1. The van der Waals surface area contributed by atoms with Gasteiger partial charge in [-0.05, 0) is 26.0 Å². The lowest BCUT2D eigenvalue weighted by Gasteiger charge is -2.35. The van der Waals surface area contributed by atoms with Gasteiger partial charge in [0.2, 0.25) is 5.91 Å². The van der Waals surface area contributed by atoms with E-state index in [1.165, 1.54) is 6.07 Å². The van der Waals surface area contributed by atoms with Crippen LogP contribution in [0.4, 0.5) is 4.39 Å². The summed E-state index contributed by atoms with van der Waals surface area (Å²) in [6.45, 7) is 7.96. The second-order valence-corrected chi connectivity index (χ2v) is 6.69. The molecule has 1 aliphatic rings. The molecular formula is C18H28FN3O3. The number of piperazine rings is 1. The van der Waals surface area contributed by atoms with Gasteiger partial charge < -0.3 is 15.2 Å². The van der Waals surface area contributed by atoms with Gasteiger partial charge in [0.25, 0.3) is 0 Å². The molecule has 1 fully saturated rings. The number of nitrogens with zero attached hydrogens (tertiary/aromatic N) is 2. The van der Waals surface area contributed by atoms with Crippen molar-refractivity contribution in [3.8, 4) is 5.75 Å². The highest BCUT2D eigenvalue weighted by Gasteiger charge is 2.21. The molecule has 0 aromatic heterocycles. The highest BCUT2D eigenvalue weighted by Crippen LogP contribution is 2.15. The van der Waals surface area contributed by atoms with Crippen LogP contribution in [0.25, 0.3) is 0 Å². The van der Waals surface area contributed by atoms with Crippen LogP contribution in [-0.4, -0.2) is 78.8 Å². The van der Waals surface area contributed by atoms with Gasteiger partial charge in [0, 0.05) is 38.8 Å². The number of benzene rings is 1. The van der Waals surface area contributed by atoms with Gasteiger partial charge in [-0.3, -0.25) is 14.6 Å². The molecule has 1 aliphatic heterocycles. The number of rotatable bonds is 8. The molecule has 6 nitrogen and oxygen atoms in total. The first-order valence-corrected chi connectivity index (χ1v) is 8.73. The fourth-order valence-electron chi connectivity index (χ4n) is 2.80. The van der Waals surface area contributed by atoms with Gasteiger partial charge in [-0.25, -0.2) is 4.39 Å². The largest absolute Gasteiger partial charge is 0.488 e. The first-order valence-electron chi connectivity index (χ1n) is 8.73. The van der Waals surface area contributed by atoms with Crippen molar-refractivity contribution < 1.29 is 19.0 Å². The normalized spacial score (nSPS) is 17.5. The average molecular weight is 353 g/mol. The fourth-order valence-corrected chi connectivity index (χ4v) is 2.80. The van der Waals surface area contributed by atoms with E-state index in [0.717, 1.165) is 26.2 Å². The number of carbonyl (C=O) groups excluding carboxylic acids is 1. The zero-order valence-electron chi connectivity index (χ0n) is 14.9. The van der Waals surface area contributed by atoms with Gasteiger partial charge in [0.1, 0.15) is 12.7 Å². The van der Waals surface area contributed by atoms with Crippen molar-refractivity contribution in [3.05, 3.63) is 30.1 Å². The topological polar surface area (TPSA) is 65.0 Å². The Hall–Kier alpha value is -1.70. The molecule has 1 atom stereocenters. The fraction of sp³-hybridized carbons (Fsp3) is 0.611. The second-order valence-electron chi connectivity index (χ2n) is 6.69. The summed E-state index contributed by atoms with van der Waals surface area (Å²) in [6.07, 6.45) is -0.685. The molecule has 1 aromatic carbocycles. The number of ether oxygens (including phenoxy) is 1. The van der Waals surface area contributed by atoms with Crippen LogP contribution in [0.2, 0.25) is 0 Å². The molecule has 140 valence electrons. The van der Waals surface area contributed by atoms with E-state index in [2.05, 4.69) is 15.1 Å². The standard InChI is InChI=1S/C18H28FN3O3/c1-14(2)20-18(24)12-22-9-7-21(8-10-22)11-15(23)13-25-17-6-4-3-5-16(17)19/h3-6,14-15,23H,7-13H2,1-2H3,(H,20,24). The number of aliphatic hydroxyl groups is 1. The lowest BCUT2D eigenvalue weighted by atomic mass is 10.2. The lowest BCUT2D eigenvalue weighted by molar-refractivity contribution is -0.123. The van der Waals surface area contributed by atoms with E-state index in [1.54, 1.807) is 18.2 Å². The number of amides is 1. The molecule has 0 bridgehead atoms. The van der Waals surface area contributed by atoms with E-state index in [0.29, 0.717) is 13.1 Å². The summed E-state index contributed by atoms with van der Waals surface area (Å²) in [7, 11) is 0. The minimum absolute atomic E-state index is 0.0433. The number of halogens is 1. The number of para-hydroxylation sites is 1. The zero-order chi connectivity index (χ0) is 18.2. The third-order valence-corrected chi connectivity index (χ3v) is 4.02.